The Kier molecular flexibility index (Phi) is 9.72. The molecule has 0 radical (unpaired) electrons. The van der Waals surface area contributed by atoms with E-state index in [0.29, 0.717) is 18.1 Å². The van der Waals surface area contributed by atoms with Crippen molar-refractivity contribution < 1.29 is 32.6 Å². The van der Waals surface area contributed by atoms with Gasteiger partial charge in [0.15, 0.2) is 11.5 Å². The van der Waals surface area contributed by atoms with Crippen LogP contribution in [0.15, 0.2) is 42.5 Å². The quantitative estimate of drug-likeness (QED) is 0.384. The number of methoxy groups -OCH3 is 1. The first-order valence-corrected chi connectivity index (χ1v) is 10.3. The highest BCUT2D eigenvalue weighted by molar-refractivity contribution is 6.39. The maximum absolute atomic E-state index is 12.3. The molecule has 0 bridgehead atoms. The predicted molar refractivity (Wildman–Crippen MR) is 116 cm³/mol. The van der Waals surface area contributed by atoms with Gasteiger partial charge in [-0.2, -0.15) is 8.78 Å². The molecule has 0 aliphatic carbocycles. The van der Waals surface area contributed by atoms with Gasteiger partial charge in [0.2, 0.25) is 0 Å². The number of carbonyl (C=O) groups excluding carboxylic acids is 2. The summed E-state index contributed by atoms with van der Waals surface area (Å²) in [6.07, 6.45) is 3.12. The molecule has 174 valence electrons. The Morgan fingerprint density at radius 1 is 1.03 bits per heavy atom. The second-order valence-corrected chi connectivity index (χ2v) is 7.02. The van der Waals surface area contributed by atoms with Gasteiger partial charge in [0, 0.05) is 11.8 Å². The number of rotatable bonds is 11. The van der Waals surface area contributed by atoms with Gasteiger partial charge in [-0.1, -0.05) is 31.9 Å². The number of ether oxygens (including phenoxy) is 3. The van der Waals surface area contributed by atoms with Gasteiger partial charge in [-0.3, -0.25) is 9.59 Å². The molecule has 0 heterocycles. The Bertz CT molecular complexity index is 908. The average molecular weight is 450 g/mol. The summed E-state index contributed by atoms with van der Waals surface area (Å²) in [6.45, 7) is 1.43. The summed E-state index contributed by atoms with van der Waals surface area (Å²) in [6, 6.07) is 10.2. The van der Waals surface area contributed by atoms with Gasteiger partial charge in [-0.15, -0.1) is 0 Å². The first-order chi connectivity index (χ1) is 15.3. The number of hydrogen-bond donors (Lipinski definition) is 2. The summed E-state index contributed by atoms with van der Waals surface area (Å²) in [7, 11) is 1.53. The number of anilines is 1. The Balaban J connectivity index is 1.96. The molecule has 2 amide bonds. The molecular formula is C23H28F2N2O5. The molecule has 9 heteroatoms. The third-order valence-corrected chi connectivity index (χ3v) is 4.56. The molecule has 2 aromatic rings. The van der Waals surface area contributed by atoms with Crippen molar-refractivity contribution in [2.75, 3.05) is 19.0 Å². The monoisotopic (exact) mass is 450 g/mol. The third-order valence-electron chi connectivity index (χ3n) is 4.56. The number of nitrogens with one attached hydrogen (secondary N) is 2. The van der Waals surface area contributed by atoms with Crippen LogP contribution in [0.25, 0.3) is 0 Å². The van der Waals surface area contributed by atoms with Gasteiger partial charge in [-0.05, 0) is 43.2 Å². The van der Waals surface area contributed by atoms with Crippen molar-refractivity contribution in [3.63, 3.8) is 0 Å². The van der Waals surface area contributed by atoms with Crippen LogP contribution < -0.4 is 24.8 Å². The van der Waals surface area contributed by atoms with Gasteiger partial charge < -0.3 is 24.8 Å². The minimum Gasteiger partial charge on any atom is -0.493 e. The highest BCUT2D eigenvalue weighted by atomic mass is 19.3. The molecule has 0 aliphatic rings. The third kappa shape index (κ3) is 7.72. The summed E-state index contributed by atoms with van der Waals surface area (Å²) in [5.74, 6) is -0.809. The molecular weight excluding hydrogens is 422 g/mol. The number of halogens is 2. The van der Waals surface area contributed by atoms with Gasteiger partial charge in [0.1, 0.15) is 5.75 Å². The number of carbonyl (C=O) groups is 2. The van der Waals surface area contributed by atoms with Crippen molar-refractivity contribution in [3.8, 4) is 17.2 Å². The lowest BCUT2D eigenvalue weighted by Crippen LogP contribution is -2.36. The summed E-state index contributed by atoms with van der Waals surface area (Å²) in [5.41, 5.74) is 0.874. The van der Waals surface area contributed by atoms with Crippen LogP contribution in [-0.4, -0.2) is 32.1 Å². The summed E-state index contributed by atoms with van der Waals surface area (Å²) < 4.78 is 40.1. The first kappa shape index (κ1) is 24.9. The largest absolute Gasteiger partial charge is 0.493 e. The highest BCUT2D eigenvalue weighted by Crippen LogP contribution is 2.30. The van der Waals surface area contributed by atoms with E-state index in [-0.39, 0.29) is 11.4 Å². The van der Waals surface area contributed by atoms with Gasteiger partial charge in [-0.25, -0.2) is 0 Å². The van der Waals surface area contributed by atoms with Gasteiger partial charge in [0.25, 0.3) is 0 Å². The minimum atomic E-state index is -2.99. The van der Waals surface area contributed by atoms with Crippen molar-refractivity contribution in [2.45, 2.75) is 45.8 Å². The van der Waals surface area contributed by atoms with E-state index >= 15 is 0 Å². The Morgan fingerprint density at radius 2 is 1.81 bits per heavy atom. The molecule has 32 heavy (non-hydrogen) atoms. The maximum Gasteiger partial charge on any atom is 0.387 e. The van der Waals surface area contributed by atoms with Crippen molar-refractivity contribution in [1.29, 1.82) is 0 Å². The van der Waals surface area contributed by atoms with Crippen molar-refractivity contribution in [1.82, 2.24) is 5.32 Å². The normalized spacial score (nSPS) is 11.6. The molecule has 0 aliphatic heterocycles. The zero-order valence-electron chi connectivity index (χ0n) is 18.3. The molecule has 0 aromatic heterocycles. The lowest BCUT2D eigenvalue weighted by molar-refractivity contribution is -0.136. The van der Waals surface area contributed by atoms with Crippen LogP contribution in [0.5, 0.6) is 17.2 Å². The standard InChI is InChI=1S/C23H28F2N2O5/c1-4-5-6-12-31-19-11-10-16(13-20(19)30-3)15(2)26-21(28)22(29)27-17-8-7-9-18(14-17)32-23(24)25/h7-11,13-15,23H,4-6,12H2,1-3H3,(H,26,28)(H,27,29)/t15-/m0/s1. The van der Waals surface area contributed by atoms with E-state index < -0.39 is 24.5 Å². The fourth-order valence-corrected chi connectivity index (χ4v) is 2.89. The minimum absolute atomic E-state index is 0.129. The van der Waals surface area contributed by atoms with E-state index in [1.807, 2.05) is 0 Å². The van der Waals surface area contributed by atoms with Crippen LogP contribution in [0.4, 0.5) is 14.5 Å². The van der Waals surface area contributed by atoms with Crippen molar-refractivity contribution in [2.24, 2.45) is 0 Å². The van der Waals surface area contributed by atoms with Crippen molar-refractivity contribution in [3.05, 3.63) is 48.0 Å². The number of amides is 2. The second-order valence-electron chi connectivity index (χ2n) is 7.02. The fourth-order valence-electron chi connectivity index (χ4n) is 2.89. The molecule has 0 saturated carbocycles. The lowest BCUT2D eigenvalue weighted by Gasteiger charge is -2.17. The van der Waals surface area contributed by atoms with Crippen LogP contribution >= 0.6 is 0 Å². The molecule has 0 saturated heterocycles. The summed E-state index contributed by atoms with van der Waals surface area (Å²) in [4.78, 5) is 24.5. The van der Waals surface area contributed by atoms with E-state index in [1.165, 1.54) is 31.4 Å². The number of hydrogen-bond acceptors (Lipinski definition) is 5. The SMILES string of the molecule is CCCCCOc1ccc([C@H](C)NC(=O)C(=O)Nc2cccc(OC(F)F)c2)cc1OC. The number of unbranched alkanes of at least 4 members (excludes halogenated alkanes) is 2. The topological polar surface area (TPSA) is 85.9 Å². The Morgan fingerprint density at radius 3 is 2.50 bits per heavy atom. The second kappa shape index (κ2) is 12.5. The molecule has 1 atom stereocenters. The van der Waals surface area contributed by atoms with Gasteiger partial charge >= 0.3 is 18.4 Å². The summed E-state index contributed by atoms with van der Waals surface area (Å²) in [5, 5.41) is 4.95. The molecule has 2 aromatic carbocycles. The zero-order chi connectivity index (χ0) is 23.5. The molecule has 2 rings (SSSR count). The van der Waals surface area contributed by atoms with E-state index in [4.69, 9.17) is 9.47 Å². The van der Waals surface area contributed by atoms with Gasteiger partial charge in [0.05, 0.1) is 19.8 Å². The van der Waals surface area contributed by atoms with Crippen LogP contribution in [0.3, 0.4) is 0 Å². The van der Waals surface area contributed by atoms with Crippen LogP contribution in [-0.2, 0) is 9.59 Å². The van der Waals surface area contributed by atoms with Crippen LogP contribution in [0, 0.1) is 0 Å². The van der Waals surface area contributed by atoms with Crippen LogP contribution in [0.2, 0.25) is 0 Å². The Labute approximate surface area is 186 Å². The molecule has 0 fully saturated rings. The number of alkyl halides is 2. The predicted octanol–water partition coefficient (Wildman–Crippen LogP) is 4.68. The molecule has 0 unspecified atom stereocenters. The van der Waals surface area contributed by atoms with E-state index in [1.54, 1.807) is 25.1 Å². The van der Waals surface area contributed by atoms with Crippen LogP contribution in [0.1, 0.15) is 44.7 Å². The average Bonchev–Trinajstić information content (AvgIpc) is 2.76. The smallest absolute Gasteiger partial charge is 0.387 e. The maximum atomic E-state index is 12.3. The molecule has 7 nitrogen and oxygen atoms in total. The Hall–Kier alpha value is -3.36. The van der Waals surface area contributed by atoms with Crippen molar-refractivity contribution >= 4 is 17.5 Å². The van der Waals surface area contributed by atoms with E-state index in [2.05, 4.69) is 22.3 Å². The molecule has 0 spiro atoms. The molecule has 2 N–H and O–H groups in total. The highest BCUT2D eigenvalue weighted by Gasteiger charge is 2.19. The van der Waals surface area contributed by atoms with E-state index in [0.717, 1.165) is 24.8 Å². The lowest BCUT2D eigenvalue weighted by atomic mass is 10.1. The fraction of sp³-hybridized carbons (Fsp3) is 0.391. The van der Waals surface area contributed by atoms with E-state index in [9.17, 15) is 18.4 Å². The zero-order valence-corrected chi connectivity index (χ0v) is 18.3. The summed E-state index contributed by atoms with van der Waals surface area (Å²) >= 11 is 0. The first-order valence-electron chi connectivity index (χ1n) is 10.3. The number of benzene rings is 2.